The first-order valence-corrected chi connectivity index (χ1v) is 13.9. The summed E-state index contributed by atoms with van der Waals surface area (Å²) in [4.78, 5) is 13.1. The zero-order valence-corrected chi connectivity index (χ0v) is 21.3. The lowest BCUT2D eigenvalue weighted by molar-refractivity contribution is -0.130. The molecule has 4 rings (SSSR count). The molecule has 9 heteroatoms. The van der Waals surface area contributed by atoms with Crippen molar-refractivity contribution in [3.63, 3.8) is 0 Å². The van der Waals surface area contributed by atoms with Crippen molar-refractivity contribution in [2.45, 2.75) is 62.3 Å². The number of benzene rings is 2. The Morgan fingerprint density at radius 2 is 1.92 bits per heavy atom. The summed E-state index contributed by atoms with van der Waals surface area (Å²) in [6, 6.07) is 15.6. The number of nitrogens with one attached hydrogen (secondary N) is 1. The maximum absolute atomic E-state index is 15.5. The van der Waals surface area contributed by atoms with E-state index in [0.29, 0.717) is 44.5 Å². The molecule has 2 aliphatic heterocycles. The molecule has 0 aromatic heterocycles. The van der Waals surface area contributed by atoms with Gasteiger partial charge < -0.3 is 10.1 Å². The number of sulfonamides is 1. The van der Waals surface area contributed by atoms with Crippen LogP contribution in [0.2, 0.25) is 0 Å². The van der Waals surface area contributed by atoms with Crippen LogP contribution < -0.4 is 5.32 Å². The maximum atomic E-state index is 15.5. The Bertz CT molecular complexity index is 1220. The van der Waals surface area contributed by atoms with Crippen molar-refractivity contribution in [1.82, 2.24) is 9.62 Å². The van der Waals surface area contributed by atoms with E-state index in [-0.39, 0.29) is 37.0 Å². The third kappa shape index (κ3) is 5.17. The van der Waals surface area contributed by atoms with Gasteiger partial charge in [0.2, 0.25) is 15.9 Å². The smallest absolute Gasteiger partial charge is 0.230 e. The van der Waals surface area contributed by atoms with Gasteiger partial charge in [0.25, 0.3) is 0 Å². The fraction of sp³-hybridized carbons (Fsp3) is 0.481. The summed E-state index contributed by atoms with van der Waals surface area (Å²) in [5, 5.41) is 10.9. The van der Waals surface area contributed by atoms with E-state index in [1.54, 1.807) is 12.1 Å². The molecule has 2 atom stereocenters. The fourth-order valence-electron chi connectivity index (χ4n) is 5.26. The molecule has 1 amide bonds. The second-order valence-corrected chi connectivity index (χ2v) is 11.6. The lowest BCUT2D eigenvalue weighted by atomic mass is 9.73. The first kappa shape index (κ1) is 26.3. The van der Waals surface area contributed by atoms with Crippen molar-refractivity contribution in [1.29, 1.82) is 5.26 Å². The first-order valence-electron chi connectivity index (χ1n) is 12.4. The van der Waals surface area contributed by atoms with Crippen LogP contribution in [0.4, 0.5) is 4.39 Å². The second kappa shape index (κ2) is 11.1. The highest BCUT2D eigenvalue weighted by Crippen LogP contribution is 2.39. The highest BCUT2D eigenvalue weighted by Gasteiger charge is 2.43. The predicted octanol–water partition coefficient (Wildman–Crippen LogP) is 3.96. The highest BCUT2D eigenvalue weighted by atomic mass is 32.2. The Hall–Kier alpha value is -2.80. The molecule has 7 nitrogen and oxygen atoms in total. The molecule has 0 saturated carbocycles. The van der Waals surface area contributed by atoms with E-state index >= 15 is 4.39 Å². The molecule has 2 aromatic carbocycles. The van der Waals surface area contributed by atoms with Crippen LogP contribution in [0.15, 0.2) is 48.5 Å². The van der Waals surface area contributed by atoms with Crippen LogP contribution in [0, 0.1) is 17.1 Å². The summed E-state index contributed by atoms with van der Waals surface area (Å²) in [7, 11) is -3.69. The topological polar surface area (TPSA) is 99.5 Å². The lowest BCUT2D eigenvalue weighted by Crippen LogP contribution is -2.48. The van der Waals surface area contributed by atoms with Gasteiger partial charge in [0.1, 0.15) is 11.1 Å². The zero-order valence-electron chi connectivity index (χ0n) is 20.5. The number of hydrogen-bond donors (Lipinski definition) is 1. The van der Waals surface area contributed by atoms with E-state index in [0.717, 1.165) is 5.56 Å². The Kier molecular flexibility index (Phi) is 8.08. The van der Waals surface area contributed by atoms with E-state index in [1.165, 1.54) is 10.4 Å². The Labute approximate surface area is 212 Å². The minimum Gasteiger partial charge on any atom is -0.381 e. The van der Waals surface area contributed by atoms with Gasteiger partial charge in [0.05, 0.1) is 17.9 Å². The average molecular weight is 514 g/mol. The molecule has 192 valence electrons. The van der Waals surface area contributed by atoms with Crippen molar-refractivity contribution in [2.24, 2.45) is 0 Å². The summed E-state index contributed by atoms with van der Waals surface area (Å²) in [6.45, 7) is 2.77. The van der Waals surface area contributed by atoms with Crippen LogP contribution in [0.1, 0.15) is 61.0 Å². The molecule has 1 N–H and O–H groups in total. The van der Waals surface area contributed by atoms with Crippen LogP contribution in [-0.2, 0) is 31.5 Å². The van der Waals surface area contributed by atoms with Crippen LogP contribution >= 0.6 is 0 Å². The van der Waals surface area contributed by atoms with Crippen LogP contribution in [-0.4, -0.2) is 44.4 Å². The summed E-state index contributed by atoms with van der Waals surface area (Å²) >= 11 is 0. The molecule has 0 spiro atoms. The van der Waals surface area contributed by atoms with Crippen LogP contribution in [0.25, 0.3) is 0 Å². The Morgan fingerprint density at radius 1 is 1.19 bits per heavy atom. The molecule has 2 aliphatic rings. The summed E-state index contributed by atoms with van der Waals surface area (Å²) in [5.41, 5.74) is 0.609. The normalized spacial score (nSPS) is 23.5. The molecule has 2 aromatic rings. The minimum absolute atomic E-state index is 0.0660. The number of carbonyl (C=O) groups excluding carboxylic acids is 1. The van der Waals surface area contributed by atoms with Gasteiger partial charge in [-0.25, -0.2) is 12.8 Å². The fourth-order valence-corrected chi connectivity index (χ4v) is 7.45. The van der Waals surface area contributed by atoms with Crippen molar-refractivity contribution in [3.05, 3.63) is 71.0 Å². The van der Waals surface area contributed by atoms with Gasteiger partial charge in [-0.3, -0.25) is 4.79 Å². The first-order chi connectivity index (χ1) is 17.3. The monoisotopic (exact) mass is 513 g/mol. The molecule has 0 radical (unpaired) electrons. The second-order valence-electron chi connectivity index (χ2n) is 9.58. The van der Waals surface area contributed by atoms with Crippen LogP contribution in [0.5, 0.6) is 0 Å². The van der Waals surface area contributed by atoms with Crippen molar-refractivity contribution >= 4 is 15.9 Å². The minimum atomic E-state index is -3.69. The number of halogens is 1. The zero-order chi connectivity index (χ0) is 25.8. The Morgan fingerprint density at radius 3 is 2.58 bits per heavy atom. The van der Waals surface area contributed by atoms with E-state index in [2.05, 4.69) is 5.32 Å². The standard InChI is InChI=1S/C27H32FN3O4S/c1-20-8-11-25(21-6-3-2-4-7-21)36(33,34)31(20)19-22-9-10-23(18-24(22)28)27(12-16-35-17-13-27)26(32)30-15-5-14-29/h2-4,6-7,9-10,18,20,25H,5,8,11-13,15-17,19H2,1H3,(H,30,32)/t20-,25+/m0/s1. The number of hydrogen-bond acceptors (Lipinski definition) is 5. The molecule has 36 heavy (non-hydrogen) atoms. The number of nitriles is 1. The summed E-state index contributed by atoms with van der Waals surface area (Å²) in [5.74, 6) is -0.779. The van der Waals surface area contributed by atoms with Crippen molar-refractivity contribution in [3.8, 4) is 6.07 Å². The predicted molar refractivity (Wildman–Crippen MR) is 134 cm³/mol. The van der Waals surface area contributed by atoms with E-state index in [9.17, 15) is 13.2 Å². The van der Waals surface area contributed by atoms with Gasteiger partial charge in [-0.15, -0.1) is 0 Å². The third-order valence-electron chi connectivity index (χ3n) is 7.43. The van der Waals surface area contributed by atoms with Gasteiger partial charge in [-0.2, -0.15) is 9.57 Å². The molecular formula is C27H32FN3O4S. The number of amides is 1. The third-order valence-corrected chi connectivity index (χ3v) is 9.80. The highest BCUT2D eigenvalue weighted by molar-refractivity contribution is 7.89. The maximum Gasteiger partial charge on any atom is 0.230 e. The largest absolute Gasteiger partial charge is 0.381 e. The molecular weight excluding hydrogens is 481 g/mol. The van der Waals surface area contributed by atoms with E-state index in [1.807, 2.05) is 43.3 Å². The quantitative estimate of drug-likeness (QED) is 0.565. The summed E-state index contributed by atoms with van der Waals surface area (Å²) in [6.07, 6.45) is 2.21. The lowest BCUT2D eigenvalue weighted by Gasteiger charge is -2.38. The van der Waals surface area contributed by atoms with E-state index < -0.39 is 26.5 Å². The molecule has 2 fully saturated rings. The van der Waals surface area contributed by atoms with Gasteiger partial charge in [0, 0.05) is 37.9 Å². The summed E-state index contributed by atoms with van der Waals surface area (Å²) < 4.78 is 49.4. The SMILES string of the molecule is C[C@H]1CC[C@H](c2ccccc2)S(=O)(=O)N1Cc1ccc(C2(C(=O)NCCC#N)CCOCC2)cc1F. The average Bonchev–Trinajstić information content (AvgIpc) is 2.88. The number of rotatable bonds is 7. The molecule has 0 unspecified atom stereocenters. The van der Waals surface area contributed by atoms with E-state index in [4.69, 9.17) is 10.00 Å². The van der Waals surface area contributed by atoms with Gasteiger partial charge in [0.15, 0.2) is 0 Å². The van der Waals surface area contributed by atoms with Crippen molar-refractivity contribution in [2.75, 3.05) is 19.8 Å². The molecule has 2 saturated heterocycles. The number of ether oxygens (including phenoxy) is 1. The van der Waals surface area contributed by atoms with Gasteiger partial charge in [-0.05, 0) is 49.8 Å². The molecule has 2 heterocycles. The number of carbonyl (C=O) groups is 1. The number of nitrogens with zero attached hydrogens (tertiary/aromatic N) is 2. The van der Waals surface area contributed by atoms with Gasteiger partial charge >= 0.3 is 0 Å². The Balaban J connectivity index is 1.60. The van der Waals surface area contributed by atoms with Gasteiger partial charge in [-0.1, -0.05) is 42.5 Å². The van der Waals surface area contributed by atoms with Crippen molar-refractivity contribution < 1.29 is 22.3 Å². The molecule has 0 aliphatic carbocycles. The van der Waals surface area contributed by atoms with Crippen LogP contribution in [0.3, 0.4) is 0 Å². The molecule has 0 bridgehead atoms.